The predicted octanol–water partition coefficient (Wildman–Crippen LogP) is 3.58. The van der Waals surface area contributed by atoms with Crippen molar-refractivity contribution in [2.75, 3.05) is 37.8 Å². The highest BCUT2D eigenvalue weighted by atomic mass is 35.5. The zero-order chi connectivity index (χ0) is 24.3. The monoisotopic (exact) mass is 523 g/mol. The molecule has 8 nitrogen and oxygen atoms in total. The number of thiazole rings is 1. The fraction of sp³-hybridized carbons (Fsp3) is 0.318. The molecule has 1 aliphatic rings. The molecule has 0 aliphatic carbocycles. The molecule has 34 heavy (non-hydrogen) atoms. The van der Waals surface area contributed by atoms with Gasteiger partial charge in [-0.3, -0.25) is 9.69 Å². The van der Waals surface area contributed by atoms with Gasteiger partial charge in [0.15, 0.2) is 20.8 Å². The molecule has 2 aromatic heterocycles. The standard InChI is InChI=1S/C22H23ClFN5O3S2/c1-34(31,32)14-15-11-16(26-19(12-15)27-22-25-5-10-33-22)13-28-6-8-29(9-7-28)21(30)17-3-2-4-18(23)20(17)24/h2-5,10-12H,6-9,13-14H2,1H3,(H,25,26,27). The second-order valence-corrected chi connectivity index (χ2v) is 11.5. The molecule has 3 heterocycles. The van der Waals surface area contributed by atoms with Crippen molar-refractivity contribution in [3.63, 3.8) is 0 Å². The Kier molecular flexibility index (Phi) is 7.46. The van der Waals surface area contributed by atoms with Crippen LogP contribution in [0.15, 0.2) is 41.9 Å². The zero-order valence-corrected chi connectivity index (χ0v) is 20.8. The first-order valence-electron chi connectivity index (χ1n) is 10.5. The average Bonchev–Trinajstić information content (AvgIpc) is 3.27. The molecule has 0 bridgehead atoms. The van der Waals surface area contributed by atoms with Gasteiger partial charge >= 0.3 is 0 Å². The Bertz CT molecular complexity index is 1280. The third-order valence-corrected chi connectivity index (χ3v) is 7.10. The molecule has 180 valence electrons. The molecule has 1 amide bonds. The molecule has 1 aliphatic heterocycles. The summed E-state index contributed by atoms with van der Waals surface area (Å²) in [6.07, 6.45) is 2.87. The third-order valence-electron chi connectivity index (χ3n) is 5.26. The molecule has 4 rings (SSSR count). The number of aromatic nitrogens is 2. The lowest BCUT2D eigenvalue weighted by molar-refractivity contribution is 0.0622. The van der Waals surface area contributed by atoms with Crippen LogP contribution in [0.2, 0.25) is 5.02 Å². The number of hydrogen-bond donors (Lipinski definition) is 1. The molecule has 1 N–H and O–H groups in total. The van der Waals surface area contributed by atoms with Gasteiger partial charge in [0.1, 0.15) is 5.82 Å². The van der Waals surface area contributed by atoms with Crippen LogP contribution in [0.5, 0.6) is 0 Å². The van der Waals surface area contributed by atoms with E-state index < -0.39 is 15.7 Å². The van der Waals surface area contributed by atoms with E-state index in [4.69, 9.17) is 11.6 Å². The molecule has 0 spiro atoms. The number of sulfone groups is 1. The maximum atomic E-state index is 14.2. The number of halogens is 2. The molecule has 1 aromatic carbocycles. The van der Waals surface area contributed by atoms with Gasteiger partial charge in [-0.1, -0.05) is 17.7 Å². The summed E-state index contributed by atoms with van der Waals surface area (Å²) in [7, 11) is -3.22. The molecule has 12 heteroatoms. The largest absolute Gasteiger partial charge is 0.336 e. The number of carbonyl (C=O) groups is 1. The van der Waals surface area contributed by atoms with E-state index >= 15 is 0 Å². The van der Waals surface area contributed by atoms with Crippen LogP contribution in [0.4, 0.5) is 15.3 Å². The Morgan fingerprint density at radius 1 is 1.24 bits per heavy atom. The van der Waals surface area contributed by atoms with Crippen LogP contribution in [0.1, 0.15) is 21.6 Å². The van der Waals surface area contributed by atoms with E-state index in [0.717, 1.165) is 0 Å². The maximum absolute atomic E-state index is 14.2. The van der Waals surface area contributed by atoms with Crippen molar-refractivity contribution < 1.29 is 17.6 Å². The molecule has 1 fully saturated rings. The van der Waals surface area contributed by atoms with Crippen molar-refractivity contribution in [3.05, 3.63) is 69.6 Å². The number of amides is 1. The molecular formula is C22H23ClFN5O3S2. The lowest BCUT2D eigenvalue weighted by Gasteiger charge is -2.34. The predicted molar refractivity (Wildman–Crippen MR) is 131 cm³/mol. The molecule has 0 saturated carbocycles. The number of anilines is 2. The SMILES string of the molecule is CS(=O)(=O)Cc1cc(CN2CCN(C(=O)c3cccc(Cl)c3F)CC2)nc(Nc2nccs2)c1. The first-order chi connectivity index (χ1) is 16.2. The summed E-state index contributed by atoms with van der Waals surface area (Å²) in [5, 5.41) is 5.54. The van der Waals surface area contributed by atoms with E-state index in [1.807, 2.05) is 5.38 Å². The minimum atomic E-state index is -3.22. The maximum Gasteiger partial charge on any atom is 0.256 e. The summed E-state index contributed by atoms with van der Waals surface area (Å²) in [5.41, 5.74) is 1.31. The second kappa shape index (κ2) is 10.3. The van der Waals surface area contributed by atoms with E-state index in [9.17, 15) is 17.6 Å². The Labute approximate surface area is 206 Å². The third kappa shape index (κ3) is 6.29. The molecule has 0 radical (unpaired) electrons. The number of hydrogen-bond acceptors (Lipinski definition) is 8. The highest BCUT2D eigenvalue weighted by Gasteiger charge is 2.25. The number of rotatable bonds is 7. The zero-order valence-electron chi connectivity index (χ0n) is 18.4. The highest BCUT2D eigenvalue weighted by Crippen LogP contribution is 2.22. The number of piperazine rings is 1. The summed E-state index contributed by atoms with van der Waals surface area (Å²) in [4.78, 5) is 25.3. The molecule has 1 saturated heterocycles. The summed E-state index contributed by atoms with van der Waals surface area (Å²) in [6.45, 7) is 2.48. The lowest BCUT2D eigenvalue weighted by Crippen LogP contribution is -2.48. The summed E-state index contributed by atoms with van der Waals surface area (Å²) < 4.78 is 38.0. The van der Waals surface area contributed by atoms with E-state index in [2.05, 4.69) is 20.2 Å². The Hall–Kier alpha value is -2.60. The van der Waals surface area contributed by atoms with Crippen molar-refractivity contribution >= 4 is 49.6 Å². The number of carbonyl (C=O) groups excluding carboxylic acids is 1. The molecule has 0 unspecified atom stereocenters. The van der Waals surface area contributed by atoms with Gasteiger partial charge in [-0.25, -0.2) is 22.8 Å². The average molecular weight is 524 g/mol. The van der Waals surface area contributed by atoms with Crippen molar-refractivity contribution in [2.24, 2.45) is 0 Å². The molecular weight excluding hydrogens is 501 g/mol. The van der Waals surface area contributed by atoms with Crippen molar-refractivity contribution in [1.82, 2.24) is 19.8 Å². The van der Waals surface area contributed by atoms with Crippen molar-refractivity contribution in [1.29, 1.82) is 0 Å². The van der Waals surface area contributed by atoms with Gasteiger partial charge in [0.2, 0.25) is 0 Å². The van der Waals surface area contributed by atoms with Crippen molar-refractivity contribution in [3.8, 4) is 0 Å². The number of benzene rings is 1. The molecule has 3 aromatic rings. The quantitative estimate of drug-likeness (QED) is 0.505. The number of nitrogens with zero attached hydrogens (tertiary/aromatic N) is 4. The van der Waals surface area contributed by atoms with Crippen LogP contribution in [-0.2, 0) is 22.1 Å². The van der Waals surface area contributed by atoms with Gasteiger partial charge in [-0.05, 0) is 29.8 Å². The fourth-order valence-corrected chi connectivity index (χ4v) is 5.24. The van der Waals surface area contributed by atoms with E-state index in [-0.39, 0.29) is 22.2 Å². The minimum absolute atomic E-state index is 0.0333. The van der Waals surface area contributed by atoms with Crippen LogP contribution >= 0.6 is 22.9 Å². The summed E-state index contributed by atoms with van der Waals surface area (Å²) in [5.74, 6) is -0.661. The van der Waals surface area contributed by atoms with Gasteiger partial charge in [-0.2, -0.15) is 0 Å². The lowest BCUT2D eigenvalue weighted by atomic mass is 10.1. The van der Waals surface area contributed by atoms with E-state index in [1.165, 1.54) is 29.7 Å². The van der Waals surface area contributed by atoms with Crippen LogP contribution < -0.4 is 5.32 Å². The summed E-state index contributed by atoms with van der Waals surface area (Å²) in [6, 6.07) is 7.90. The Morgan fingerprint density at radius 3 is 2.68 bits per heavy atom. The van der Waals surface area contributed by atoms with Crippen LogP contribution in [0, 0.1) is 5.82 Å². The number of pyridine rings is 1. The van der Waals surface area contributed by atoms with Gasteiger partial charge in [-0.15, -0.1) is 11.3 Å². The van der Waals surface area contributed by atoms with Gasteiger partial charge < -0.3 is 10.2 Å². The highest BCUT2D eigenvalue weighted by molar-refractivity contribution is 7.89. The normalized spacial score (nSPS) is 14.9. The Balaban J connectivity index is 1.44. The number of nitrogens with one attached hydrogen (secondary N) is 1. The fourth-order valence-electron chi connectivity index (χ4n) is 3.75. The minimum Gasteiger partial charge on any atom is -0.336 e. The van der Waals surface area contributed by atoms with Crippen molar-refractivity contribution in [2.45, 2.75) is 12.3 Å². The van der Waals surface area contributed by atoms with Gasteiger partial charge in [0.25, 0.3) is 5.91 Å². The van der Waals surface area contributed by atoms with Crippen LogP contribution in [0.3, 0.4) is 0 Å². The van der Waals surface area contributed by atoms with Crippen LogP contribution in [-0.4, -0.2) is 66.5 Å². The Morgan fingerprint density at radius 2 is 2.00 bits per heavy atom. The molecule has 0 atom stereocenters. The first-order valence-corrected chi connectivity index (χ1v) is 13.8. The van der Waals surface area contributed by atoms with E-state index in [1.54, 1.807) is 29.3 Å². The second-order valence-electron chi connectivity index (χ2n) is 8.05. The first kappa shape index (κ1) is 24.5. The smallest absolute Gasteiger partial charge is 0.256 e. The van der Waals surface area contributed by atoms with Gasteiger partial charge in [0, 0.05) is 50.6 Å². The van der Waals surface area contributed by atoms with Crippen LogP contribution in [0.25, 0.3) is 0 Å². The van der Waals surface area contributed by atoms with E-state index in [0.29, 0.717) is 54.9 Å². The van der Waals surface area contributed by atoms with Gasteiger partial charge in [0.05, 0.1) is 22.0 Å². The summed E-state index contributed by atoms with van der Waals surface area (Å²) >= 11 is 7.23. The topological polar surface area (TPSA) is 95.5 Å².